The van der Waals surface area contributed by atoms with Crippen molar-refractivity contribution in [3.05, 3.63) is 64.2 Å². The fraction of sp³-hybridized carbons (Fsp3) is 0.458. The van der Waals surface area contributed by atoms with Crippen LogP contribution in [-0.4, -0.2) is 18.7 Å². The Labute approximate surface area is 209 Å². The van der Waals surface area contributed by atoms with Gasteiger partial charge in [-0.05, 0) is 61.7 Å². The van der Waals surface area contributed by atoms with Gasteiger partial charge < -0.3 is 4.74 Å². The number of rotatable bonds is 4. The molecule has 0 aliphatic carbocycles. The summed E-state index contributed by atoms with van der Waals surface area (Å²) in [5, 5.41) is 0. The van der Waals surface area contributed by atoms with Gasteiger partial charge in [0.1, 0.15) is 0 Å². The van der Waals surface area contributed by atoms with Crippen molar-refractivity contribution in [1.82, 2.24) is 0 Å². The van der Waals surface area contributed by atoms with E-state index in [0.29, 0.717) is 12.1 Å². The summed E-state index contributed by atoms with van der Waals surface area (Å²) in [4.78, 5) is 13.5. The van der Waals surface area contributed by atoms with Crippen LogP contribution in [0.2, 0.25) is 0 Å². The second-order valence-electron chi connectivity index (χ2n) is 8.61. The number of amides is 1. The van der Waals surface area contributed by atoms with Crippen molar-refractivity contribution in [2.45, 2.75) is 63.1 Å². The minimum atomic E-state index is -5.42. The molecule has 0 N–H and O–H groups in total. The molecule has 0 saturated heterocycles. The Bertz CT molecular complexity index is 1150. The smallest absolute Gasteiger partial charge is 0.416 e. The molecule has 1 aliphatic rings. The molecule has 1 heterocycles. The van der Waals surface area contributed by atoms with E-state index in [2.05, 4.69) is 0 Å². The standard InChI is InChI=1S/C24H20F11NO2/c1-3-16-11-18(17-10-12(22(27,28)29)5-6-19(17)36(16)20(37)38-4-2)21(25,26)13-7-14(23(30,31)32)9-15(8-13)24(33,34)35/h5-10,16,18H,3-4,11H2,1-2H3/t16-,18-/m0/s1. The summed E-state index contributed by atoms with van der Waals surface area (Å²) in [6.45, 7) is 2.73. The van der Waals surface area contributed by atoms with Crippen molar-refractivity contribution in [3.8, 4) is 0 Å². The highest BCUT2D eigenvalue weighted by Crippen LogP contribution is 2.53. The lowest BCUT2D eigenvalue weighted by molar-refractivity contribution is -0.144. The van der Waals surface area contributed by atoms with Crippen molar-refractivity contribution in [3.63, 3.8) is 0 Å². The molecule has 0 radical (unpaired) electrons. The number of nitrogens with zero attached hydrogens (tertiary/aromatic N) is 1. The van der Waals surface area contributed by atoms with Crippen LogP contribution in [0, 0.1) is 0 Å². The molecule has 0 spiro atoms. The Balaban J connectivity index is 2.29. The molecule has 2 aromatic carbocycles. The highest BCUT2D eigenvalue weighted by Gasteiger charge is 2.51. The summed E-state index contributed by atoms with van der Waals surface area (Å²) in [6.07, 6.45) is -17.7. The molecule has 0 saturated carbocycles. The molecule has 210 valence electrons. The monoisotopic (exact) mass is 563 g/mol. The van der Waals surface area contributed by atoms with Gasteiger partial charge in [-0.25, -0.2) is 13.6 Å². The SMILES string of the molecule is CCOC(=O)N1c2ccc(C(F)(F)F)cc2[C@@H](C(F)(F)c2cc(C(F)(F)F)cc(C(F)(F)F)c2)C[C@@H]1CC. The minimum Gasteiger partial charge on any atom is -0.449 e. The number of carbonyl (C=O) groups is 1. The Kier molecular flexibility index (Phi) is 7.70. The van der Waals surface area contributed by atoms with Gasteiger partial charge in [0.05, 0.1) is 34.9 Å². The Morgan fingerprint density at radius 3 is 1.74 bits per heavy atom. The first-order chi connectivity index (χ1) is 17.3. The maximum atomic E-state index is 15.9. The Morgan fingerprint density at radius 2 is 1.29 bits per heavy atom. The molecule has 3 rings (SSSR count). The first kappa shape index (κ1) is 29.5. The Morgan fingerprint density at radius 1 is 0.789 bits per heavy atom. The molecule has 14 heteroatoms. The third kappa shape index (κ3) is 5.68. The van der Waals surface area contributed by atoms with Crippen LogP contribution >= 0.6 is 0 Å². The van der Waals surface area contributed by atoms with Gasteiger partial charge in [-0.1, -0.05) is 6.92 Å². The molecule has 0 fully saturated rings. The van der Waals surface area contributed by atoms with Gasteiger partial charge in [-0.2, -0.15) is 39.5 Å². The van der Waals surface area contributed by atoms with Gasteiger partial charge in [0, 0.05) is 11.6 Å². The van der Waals surface area contributed by atoms with Gasteiger partial charge in [-0.15, -0.1) is 0 Å². The van der Waals surface area contributed by atoms with Crippen molar-refractivity contribution in [1.29, 1.82) is 0 Å². The maximum absolute atomic E-state index is 15.9. The van der Waals surface area contributed by atoms with Crippen LogP contribution in [0.5, 0.6) is 0 Å². The van der Waals surface area contributed by atoms with E-state index in [0.717, 1.165) is 11.0 Å². The molecule has 0 unspecified atom stereocenters. The lowest BCUT2D eigenvalue weighted by Crippen LogP contribution is -2.47. The van der Waals surface area contributed by atoms with Crippen molar-refractivity contribution >= 4 is 11.8 Å². The summed E-state index contributed by atoms with van der Waals surface area (Å²) >= 11 is 0. The van der Waals surface area contributed by atoms with Crippen LogP contribution in [0.15, 0.2) is 36.4 Å². The van der Waals surface area contributed by atoms with E-state index < -0.39 is 82.4 Å². The summed E-state index contributed by atoms with van der Waals surface area (Å²) in [5.74, 6) is -6.81. The van der Waals surface area contributed by atoms with Crippen molar-refractivity contribution in [2.75, 3.05) is 11.5 Å². The molecule has 2 aromatic rings. The number of fused-ring (bicyclic) bond motifs is 1. The zero-order valence-corrected chi connectivity index (χ0v) is 19.7. The molecule has 1 amide bonds. The lowest BCUT2D eigenvalue weighted by Gasteiger charge is -2.42. The van der Waals surface area contributed by atoms with E-state index in [-0.39, 0.29) is 31.2 Å². The maximum Gasteiger partial charge on any atom is 0.416 e. The zero-order chi connectivity index (χ0) is 28.8. The van der Waals surface area contributed by atoms with Crippen LogP contribution in [0.4, 0.5) is 58.8 Å². The van der Waals surface area contributed by atoms with Gasteiger partial charge in [0.2, 0.25) is 0 Å². The predicted molar refractivity (Wildman–Crippen MR) is 113 cm³/mol. The number of hydrogen-bond acceptors (Lipinski definition) is 2. The number of anilines is 1. The van der Waals surface area contributed by atoms with Crippen LogP contribution in [0.3, 0.4) is 0 Å². The number of halogens is 11. The second-order valence-corrected chi connectivity index (χ2v) is 8.61. The summed E-state index contributed by atoms with van der Waals surface area (Å²) < 4.78 is 157. The molecule has 3 nitrogen and oxygen atoms in total. The third-order valence-electron chi connectivity index (χ3n) is 6.21. The number of ether oxygens (including phenoxy) is 1. The van der Waals surface area contributed by atoms with Crippen LogP contribution in [0.1, 0.15) is 60.4 Å². The van der Waals surface area contributed by atoms with Crippen LogP contribution in [0.25, 0.3) is 0 Å². The quantitative estimate of drug-likeness (QED) is 0.348. The lowest BCUT2D eigenvalue weighted by atomic mass is 9.77. The van der Waals surface area contributed by atoms with Crippen molar-refractivity contribution < 1.29 is 57.8 Å². The van der Waals surface area contributed by atoms with Crippen LogP contribution in [-0.2, 0) is 29.2 Å². The summed E-state index contributed by atoms with van der Waals surface area (Å²) in [6, 6.07) is -0.125. The van der Waals surface area contributed by atoms with Gasteiger partial charge >= 0.3 is 24.6 Å². The number of hydrogen-bond donors (Lipinski definition) is 0. The first-order valence-electron chi connectivity index (χ1n) is 11.2. The predicted octanol–water partition coefficient (Wildman–Crippen LogP) is 8.76. The zero-order valence-electron chi connectivity index (χ0n) is 19.7. The fourth-order valence-electron chi connectivity index (χ4n) is 4.41. The summed E-state index contributed by atoms with van der Waals surface area (Å²) in [7, 11) is 0. The molecular weight excluding hydrogens is 543 g/mol. The van der Waals surface area contributed by atoms with Gasteiger partial charge in [0.15, 0.2) is 0 Å². The first-order valence-corrected chi connectivity index (χ1v) is 11.2. The Hall–Kier alpha value is -3.06. The van der Waals surface area contributed by atoms with Gasteiger partial charge in [-0.3, -0.25) is 4.90 Å². The van der Waals surface area contributed by atoms with Crippen LogP contribution < -0.4 is 4.90 Å². The van der Waals surface area contributed by atoms with E-state index in [4.69, 9.17) is 4.74 Å². The van der Waals surface area contributed by atoms with E-state index in [1.807, 2.05) is 0 Å². The summed E-state index contributed by atoms with van der Waals surface area (Å²) in [5.41, 5.74) is -8.25. The average Bonchev–Trinajstić information content (AvgIpc) is 2.80. The van der Waals surface area contributed by atoms with E-state index >= 15 is 8.78 Å². The topological polar surface area (TPSA) is 29.5 Å². The third-order valence-corrected chi connectivity index (χ3v) is 6.21. The number of carbonyl (C=O) groups excluding carboxylic acids is 1. The molecule has 0 bridgehead atoms. The highest BCUT2D eigenvalue weighted by molar-refractivity contribution is 5.90. The fourth-order valence-corrected chi connectivity index (χ4v) is 4.41. The minimum absolute atomic E-state index is 0.0255. The molecule has 38 heavy (non-hydrogen) atoms. The molecular formula is C24H20F11NO2. The normalized spacial score (nSPS) is 18.8. The number of alkyl halides is 11. The molecule has 0 aromatic heterocycles. The van der Waals surface area contributed by atoms with E-state index in [1.165, 1.54) is 13.8 Å². The average molecular weight is 563 g/mol. The molecule has 1 aliphatic heterocycles. The van der Waals surface area contributed by atoms with E-state index in [1.54, 1.807) is 0 Å². The van der Waals surface area contributed by atoms with Gasteiger partial charge in [0.25, 0.3) is 5.92 Å². The van der Waals surface area contributed by atoms with E-state index in [9.17, 15) is 44.3 Å². The molecule has 2 atom stereocenters. The van der Waals surface area contributed by atoms with Crippen molar-refractivity contribution in [2.24, 2.45) is 0 Å². The largest absolute Gasteiger partial charge is 0.449 e. The highest BCUT2D eigenvalue weighted by atomic mass is 19.4. The second kappa shape index (κ2) is 9.92. The number of benzene rings is 2.